The number of alkyl halides is 3. The lowest BCUT2D eigenvalue weighted by Crippen LogP contribution is -2.20. The minimum absolute atomic E-state index is 0.0507. The first-order valence-corrected chi connectivity index (χ1v) is 7.50. The standard InChI is InChI=1S/C12H19F3N4S/c1-4-20-6-5-8(2)17-10-7-9(16-3)18-11(19-10)12(13,14)15/h7-8H,4-6H2,1-3H3,(H2,16,17,18,19). The molecule has 1 rings (SSSR count). The predicted molar refractivity (Wildman–Crippen MR) is 77.3 cm³/mol. The van der Waals surface area contributed by atoms with Gasteiger partial charge in [0.15, 0.2) is 0 Å². The molecule has 0 aliphatic heterocycles. The van der Waals surface area contributed by atoms with Crippen molar-refractivity contribution in [3.8, 4) is 0 Å². The van der Waals surface area contributed by atoms with E-state index in [0.717, 1.165) is 17.9 Å². The van der Waals surface area contributed by atoms with Crippen LogP contribution in [0.1, 0.15) is 26.1 Å². The third-order valence-electron chi connectivity index (χ3n) is 2.53. The van der Waals surface area contributed by atoms with E-state index in [-0.39, 0.29) is 17.7 Å². The molecule has 4 nitrogen and oxygen atoms in total. The fraction of sp³-hybridized carbons (Fsp3) is 0.667. The van der Waals surface area contributed by atoms with Crippen molar-refractivity contribution in [2.24, 2.45) is 0 Å². The van der Waals surface area contributed by atoms with Crippen molar-refractivity contribution in [1.29, 1.82) is 0 Å². The van der Waals surface area contributed by atoms with E-state index < -0.39 is 12.0 Å². The molecule has 0 aromatic carbocycles. The van der Waals surface area contributed by atoms with Gasteiger partial charge < -0.3 is 10.6 Å². The number of thioether (sulfide) groups is 1. The van der Waals surface area contributed by atoms with Gasteiger partial charge in [0.25, 0.3) is 0 Å². The van der Waals surface area contributed by atoms with Crippen molar-refractivity contribution in [3.63, 3.8) is 0 Å². The van der Waals surface area contributed by atoms with Crippen LogP contribution in [0.4, 0.5) is 24.8 Å². The number of anilines is 2. The summed E-state index contributed by atoms with van der Waals surface area (Å²) in [5.74, 6) is 1.18. The predicted octanol–water partition coefficient (Wildman–Crippen LogP) is 3.48. The first-order valence-electron chi connectivity index (χ1n) is 6.35. The van der Waals surface area contributed by atoms with Crippen LogP contribution in [-0.4, -0.2) is 34.6 Å². The molecule has 0 spiro atoms. The Kier molecular flexibility index (Phi) is 6.38. The quantitative estimate of drug-likeness (QED) is 0.755. The molecule has 0 saturated heterocycles. The summed E-state index contributed by atoms with van der Waals surface area (Å²) in [6, 6.07) is 1.52. The Morgan fingerprint density at radius 2 is 1.95 bits per heavy atom. The normalized spacial score (nSPS) is 13.1. The molecular weight excluding hydrogens is 289 g/mol. The maximum absolute atomic E-state index is 12.7. The number of hydrogen-bond acceptors (Lipinski definition) is 5. The second kappa shape index (κ2) is 7.56. The zero-order valence-corrected chi connectivity index (χ0v) is 12.5. The van der Waals surface area contributed by atoms with Gasteiger partial charge in [-0.3, -0.25) is 0 Å². The SMILES string of the molecule is CCSCCC(C)Nc1cc(NC)nc(C(F)(F)F)n1. The first kappa shape index (κ1) is 16.9. The van der Waals surface area contributed by atoms with E-state index in [1.807, 2.05) is 6.92 Å². The lowest BCUT2D eigenvalue weighted by molar-refractivity contribution is -0.144. The van der Waals surface area contributed by atoms with Crippen LogP contribution in [0.15, 0.2) is 6.07 Å². The fourth-order valence-electron chi connectivity index (χ4n) is 1.51. The van der Waals surface area contributed by atoms with Gasteiger partial charge in [-0.15, -0.1) is 0 Å². The third-order valence-corrected chi connectivity index (χ3v) is 3.46. The second-order valence-corrected chi connectivity index (χ2v) is 5.63. The van der Waals surface area contributed by atoms with Gasteiger partial charge in [-0.25, -0.2) is 9.97 Å². The minimum atomic E-state index is -4.55. The third kappa shape index (κ3) is 5.44. The highest BCUT2D eigenvalue weighted by atomic mass is 32.2. The topological polar surface area (TPSA) is 49.8 Å². The van der Waals surface area contributed by atoms with Crippen molar-refractivity contribution < 1.29 is 13.2 Å². The highest BCUT2D eigenvalue weighted by molar-refractivity contribution is 7.99. The van der Waals surface area contributed by atoms with E-state index in [0.29, 0.717) is 0 Å². The lowest BCUT2D eigenvalue weighted by Gasteiger charge is -2.16. The number of nitrogens with zero attached hydrogens (tertiary/aromatic N) is 2. The Bertz CT molecular complexity index is 426. The monoisotopic (exact) mass is 308 g/mol. The van der Waals surface area contributed by atoms with Gasteiger partial charge in [-0.2, -0.15) is 24.9 Å². The van der Waals surface area contributed by atoms with Crippen molar-refractivity contribution in [3.05, 3.63) is 11.9 Å². The summed E-state index contributed by atoms with van der Waals surface area (Å²) in [6.07, 6.45) is -3.69. The zero-order valence-electron chi connectivity index (χ0n) is 11.7. The molecule has 0 amide bonds. The molecule has 1 atom stereocenters. The molecule has 0 aliphatic rings. The highest BCUT2D eigenvalue weighted by Crippen LogP contribution is 2.28. The number of rotatable bonds is 7. The molecular formula is C12H19F3N4S. The van der Waals surface area contributed by atoms with E-state index in [2.05, 4.69) is 27.5 Å². The van der Waals surface area contributed by atoms with Crippen LogP contribution >= 0.6 is 11.8 Å². The van der Waals surface area contributed by atoms with E-state index in [1.165, 1.54) is 13.1 Å². The van der Waals surface area contributed by atoms with Gasteiger partial charge >= 0.3 is 6.18 Å². The second-order valence-electron chi connectivity index (χ2n) is 4.24. The molecule has 1 aromatic rings. The summed E-state index contributed by atoms with van der Waals surface area (Å²) < 4.78 is 38.1. The number of aromatic nitrogens is 2. The molecule has 0 bridgehead atoms. The molecule has 20 heavy (non-hydrogen) atoms. The summed E-state index contributed by atoms with van der Waals surface area (Å²) in [6.45, 7) is 3.99. The van der Waals surface area contributed by atoms with Crippen molar-refractivity contribution in [1.82, 2.24) is 9.97 Å². The smallest absolute Gasteiger partial charge is 0.373 e. The molecule has 1 aromatic heterocycles. The van der Waals surface area contributed by atoms with E-state index in [4.69, 9.17) is 0 Å². The largest absolute Gasteiger partial charge is 0.451 e. The van der Waals surface area contributed by atoms with Crippen LogP contribution in [0.25, 0.3) is 0 Å². The Morgan fingerprint density at radius 1 is 1.30 bits per heavy atom. The van der Waals surface area contributed by atoms with Crippen molar-refractivity contribution >= 4 is 23.4 Å². The number of hydrogen-bond donors (Lipinski definition) is 2. The molecule has 2 N–H and O–H groups in total. The van der Waals surface area contributed by atoms with E-state index >= 15 is 0 Å². The van der Waals surface area contributed by atoms with Crippen molar-refractivity contribution in [2.45, 2.75) is 32.5 Å². The molecule has 0 saturated carbocycles. The molecule has 114 valence electrons. The molecule has 0 radical (unpaired) electrons. The summed E-state index contributed by atoms with van der Waals surface area (Å²) in [7, 11) is 1.52. The fourth-order valence-corrected chi connectivity index (χ4v) is 2.31. The summed E-state index contributed by atoms with van der Waals surface area (Å²) in [4.78, 5) is 6.94. The molecule has 0 aliphatic carbocycles. The highest BCUT2D eigenvalue weighted by Gasteiger charge is 2.35. The average molecular weight is 308 g/mol. The van der Waals surface area contributed by atoms with Gasteiger partial charge in [0, 0.05) is 19.2 Å². The Balaban J connectivity index is 2.78. The Morgan fingerprint density at radius 3 is 2.50 bits per heavy atom. The molecule has 8 heteroatoms. The van der Waals surface area contributed by atoms with E-state index in [1.54, 1.807) is 11.8 Å². The van der Waals surface area contributed by atoms with E-state index in [9.17, 15) is 13.2 Å². The average Bonchev–Trinajstić information content (AvgIpc) is 2.37. The summed E-state index contributed by atoms with van der Waals surface area (Å²) >= 11 is 1.80. The zero-order chi connectivity index (χ0) is 15.2. The van der Waals surface area contributed by atoms with Crippen LogP contribution in [0, 0.1) is 0 Å². The molecule has 0 fully saturated rings. The van der Waals surface area contributed by atoms with Crippen LogP contribution in [0.5, 0.6) is 0 Å². The van der Waals surface area contributed by atoms with Crippen LogP contribution in [0.2, 0.25) is 0 Å². The van der Waals surface area contributed by atoms with Gasteiger partial charge in [0.2, 0.25) is 5.82 Å². The van der Waals surface area contributed by atoms with Gasteiger partial charge in [-0.1, -0.05) is 6.92 Å². The lowest BCUT2D eigenvalue weighted by atomic mass is 10.2. The maximum Gasteiger partial charge on any atom is 0.451 e. The van der Waals surface area contributed by atoms with Gasteiger partial charge in [-0.05, 0) is 24.9 Å². The first-order chi connectivity index (χ1) is 9.36. The molecule has 1 heterocycles. The van der Waals surface area contributed by atoms with Crippen molar-refractivity contribution in [2.75, 3.05) is 29.2 Å². The minimum Gasteiger partial charge on any atom is -0.373 e. The van der Waals surface area contributed by atoms with Gasteiger partial charge in [0.05, 0.1) is 0 Å². The summed E-state index contributed by atoms with van der Waals surface area (Å²) in [5, 5.41) is 5.59. The number of nitrogens with one attached hydrogen (secondary N) is 2. The number of halogens is 3. The molecule has 1 unspecified atom stereocenters. The Labute approximate surface area is 121 Å². The maximum atomic E-state index is 12.7. The van der Waals surface area contributed by atoms with Crippen LogP contribution in [0.3, 0.4) is 0 Å². The van der Waals surface area contributed by atoms with Crippen LogP contribution < -0.4 is 10.6 Å². The summed E-state index contributed by atoms with van der Waals surface area (Å²) in [5.41, 5.74) is 0. The Hall–Kier alpha value is -1.18. The van der Waals surface area contributed by atoms with Crippen LogP contribution in [-0.2, 0) is 6.18 Å². The van der Waals surface area contributed by atoms with Gasteiger partial charge in [0.1, 0.15) is 11.6 Å².